The van der Waals surface area contributed by atoms with E-state index in [2.05, 4.69) is 401 Å². The molecule has 0 radical (unpaired) electrons. The molecule has 7 nitrogen and oxygen atoms in total. The number of nitrogens with zero attached hydrogens (tertiary/aromatic N) is 6. The molecule has 24 rings (SSSR count). The Morgan fingerprint density at radius 3 is 1.22 bits per heavy atom. The van der Waals surface area contributed by atoms with Crippen molar-refractivity contribution in [3.63, 3.8) is 0 Å². The Hall–Kier alpha value is -13.5. The van der Waals surface area contributed by atoms with Crippen molar-refractivity contribution in [1.82, 2.24) is 0 Å². The highest BCUT2D eigenvalue weighted by atomic mass is 32.1. The van der Waals surface area contributed by atoms with Crippen LogP contribution in [0, 0.1) is 0 Å². The quantitative estimate of drug-likeness (QED) is 0.140. The van der Waals surface area contributed by atoms with Gasteiger partial charge in [0.05, 0.1) is 5.00 Å². The van der Waals surface area contributed by atoms with Gasteiger partial charge < -0.3 is 28.9 Å². The van der Waals surface area contributed by atoms with Crippen molar-refractivity contribution in [3.05, 3.63) is 375 Å². The largest absolute Gasteiger partial charge is 0.440 e. The van der Waals surface area contributed by atoms with Gasteiger partial charge in [0.15, 0.2) is 0 Å². The minimum absolute atomic E-state index is 0.0301. The van der Waals surface area contributed by atoms with Crippen LogP contribution in [0.15, 0.2) is 368 Å². The van der Waals surface area contributed by atoms with Crippen LogP contribution < -0.4 is 73.1 Å². The van der Waals surface area contributed by atoms with Crippen molar-refractivity contribution in [2.75, 3.05) is 29.4 Å². The second kappa shape index (κ2) is 23.3. The van der Waals surface area contributed by atoms with Crippen LogP contribution in [-0.2, 0) is 5.41 Å². The van der Waals surface area contributed by atoms with Crippen LogP contribution >= 0.6 is 11.3 Å². The lowest BCUT2D eigenvalue weighted by Crippen LogP contribution is -2.61. The molecule has 0 spiro atoms. The molecule has 0 saturated heterocycles. The van der Waals surface area contributed by atoms with Gasteiger partial charge in [0.2, 0.25) is 5.88 Å². The number of anilines is 17. The third kappa shape index (κ3) is 8.58. The normalized spacial score (nSPS) is 14.7. The molecule has 17 aromatic rings. The molecule has 110 heavy (non-hydrogen) atoms. The van der Waals surface area contributed by atoms with Gasteiger partial charge in [-0.25, -0.2) is 0 Å². The van der Waals surface area contributed by atoms with Crippen molar-refractivity contribution >= 4 is 198 Å². The van der Waals surface area contributed by atoms with E-state index < -0.39 is 0 Å². The zero-order valence-electron chi connectivity index (χ0n) is 60.3. The van der Waals surface area contributed by atoms with Crippen molar-refractivity contribution in [3.8, 4) is 22.3 Å². The summed E-state index contributed by atoms with van der Waals surface area (Å²) in [6.07, 6.45) is 0. The molecular formula is C99H65B3N6OS. The Morgan fingerprint density at radius 2 is 0.655 bits per heavy atom. The van der Waals surface area contributed by atoms with Gasteiger partial charge in [-0.05, 0) is 222 Å². The second-order valence-electron chi connectivity index (χ2n) is 30.6. The Labute approximate surface area is 643 Å². The first-order chi connectivity index (χ1) is 54.4. The van der Waals surface area contributed by atoms with E-state index in [9.17, 15) is 0 Å². The fourth-order valence-corrected chi connectivity index (χ4v) is 21.5. The van der Waals surface area contributed by atoms with Gasteiger partial charge in [0.25, 0.3) is 20.1 Å². The summed E-state index contributed by atoms with van der Waals surface area (Å²) in [7, 11) is 0. The molecule has 0 atom stereocenters. The lowest BCUT2D eigenvalue weighted by Gasteiger charge is -2.46. The van der Waals surface area contributed by atoms with Crippen LogP contribution in [0.2, 0.25) is 0 Å². The van der Waals surface area contributed by atoms with Crippen LogP contribution in [0.4, 0.5) is 96.2 Å². The van der Waals surface area contributed by atoms with E-state index in [4.69, 9.17) is 4.42 Å². The fraction of sp³-hybridized carbons (Fsp3) is 0.0303. The molecule has 0 saturated carbocycles. The van der Waals surface area contributed by atoms with Crippen LogP contribution in [0.25, 0.3) is 48.8 Å². The number of allylic oxidation sites excluding steroid dienone is 1. The molecule has 0 N–H and O–H groups in total. The van der Waals surface area contributed by atoms with Gasteiger partial charge in [-0.1, -0.05) is 232 Å². The van der Waals surface area contributed by atoms with Gasteiger partial charge >= 0.3 is 0 Å². The maximum atomic E-state index is 6.96. The molecule has 8 heterocycles. The van der Waals surface area contributed by atoms with Gasteiger partial charge in [-0.15, -0.1) is 11.3 Å². The third-order valence-corrected chi connectivity index (χ3v) is 25.7. The molecule has 11 heteroatoms. The number of furan rings is 1. The Morgan fingerprint density at radius 1 is 0.282 bits per heavy atom. The number of rotatable bonds is 8. The zero-order chi connectivity index (χ0) is 72.2. The van der Waals surface area contributed by atoms with Gasteiger partial charge in [-0.3, -0.25) is 4.90 Å². The van der Waals surface area contributed by atoms with Crippen LogP contribution in [0.1, 0.15) is 25.0 Å². The minimum atomic E-state index is -0.316. The van der Waals surface area contributed by atoms with Gasteiger partial charge in [-0.2, -0.15) is 0 Å². The molecule has 2 aromatic heterocycles. The summed E-state index contributed by atoms with van der Waals surface area (Å²) >= 11 is 1.90. The summed E-state index contributed by atoms with van der Waals surface area (Å²) in [5, 5.41) is 3.67. The monoisotopic (exact) mass is 1420 g/mol. The molecule has 15 aromatic carbocycles. The van der Waals surface area contributed by atoms with E-state index in [0.29, 0.717) is 0 Å². The molecule has 512 valence electrons. The van der Waals surface area contributed by atoms with E-state index in [-0.39, 0.29) is 25.6 Å². The van der Waals surface area contributed by atoms with Crippen LogP contribution in [0.5, 0.6) is 0 Å². The highest BCUT2D eigenvalue weighted by Crippen LogP contribution is 2.57. The average Bonchev–Trinajstić information content (AvgIpc) is 1.46. The van der Waals surface area contributed by atoms with E-state index >= 15 is 0 Å². The van der Waals surface area contributed by atoms with Gasteiger partial charge in [0, 0.05) is 112 Å². The molecular weight excluding hydrogens is 1350 g/mol. The lowest BCUT2D eigenvalue weighted by molar-refractivity contribution is 0.622. The second-order valence-corrected chi connectivity index (χ2v) is 31.6. The summed E-state index contributed by atoms with van der Waals surface area (Å²) in [5.74, 6) is 0.869. The molecule has 0 fully saturated rings. The summed E-state index contributed by atoms with van der Waals surface area (Å²) in [6.45, 7) is 4.81. The number of fused-ring (bicyclic) bond motifs is 17. The Balaban J connectivity index is 0.626. The predicted molar refractivity (Wildman–Crippen MR) is 465 cm³/mol. The molecule has 0 unspecified atom stereocenters. The van der Waals surface area contributed by atoms with E-state index in [1.807, 2.05) is 11.3 Å². The predicted octanol–water partition coefficient (Wildman–Crippen LogP) is 20.9. The maximum absolute atomic E-state index is 6.96. The highest BCUT2D eigenvalue weighted by molar-refractivity contribution is 7.26. The van der Waals surface area contributed by atoms with Gasteiger partial charge in [0.1, 0.15) is 5.58 Å². The molecule has 6 aliphatic heterocycles. The molecule has 0 amide bonds. The van der Waals surface area contributed by atoms with Crippen molar-refractivity contribution < 1.29 is 4.42 Å². The summed E-state index contributed by atoms with van der Waals surface area (Å²) in [6, 6.07) is 134. The zero-order valence-corrected chi connectivity index (χ0v) is 61.1. The first-order valence-electron chi connectivity index (χ1n) is 38.2. The van der Waals surface area contributed by atoms with E-state index in [0.717, 1.165) is 90.3 Å². The molecule has 0 bridgehead atoms. The number of para-hydroxylation sites is 6. The first-order valence-corrected chi connectivity index (χ1v) is 39.1. The molecule has 7 aliphatic rings. The van der Waals surface area contributed by atoms with Crippen molar-refractivity contribution in [1.29, 1.82) is 0 Å². The van der Waals surface area contributed by atoms with E-state index in [1.54, 1.807) is 0 Å². The fourth-order valence-electron chi connectivity index (χ4n) is 20.2. The lowest BCUT2D eigenvalue weighted by atomic mass is 9.32. The van der Waals surface area contributed by atoms with Crippen LogP contribution in [0.3, 0.4) is 0 Å². The minimum Gasteiger partial charge on any atom is -0.440 e. The number of hydrogen-bond donors (Lipinski definition) is 0. The maximum Gasteiger partial charge on any atom is 0.257 e. The Kier molecular flexibility index (Phi) is 13.0. The SMILES string of the molecule is CC1(C)C2=C(B3c4ccccc4N(c4ccccc4)c4cccc(c43)N2c2cccc(-c3cccc(N4c5ccccc5B5c6c4cccc6N(c4cccc(-c6cccc(N7c8ccccc8B8c9c7cccc9N(c7ccccc7)c7oc9ccccc9c78)c6)c4)c4sc6ccccc6c45)c3)c2)c2ccccc21. The van der Waals surface area contributed by atoms with E-state index in [1.165, 1.54) is 115 Å². The average molecular weight is 1420 g/mol. The standard InChI is InChI=1S/C99H65B3N6OS/c1-99(2)75-43-12-9-40-72(75)90-96(99)106(85-53-25-50-82-93(85)100(90)76-44-13-16-47-79(76)103(82)66-32-5-3-6-33-66)70-38-23-30-64(60-70)62-28-21-37-69(58-62)105-81-49-18-15-46-78(81)102-92-74-42-11-20-57-89(74)110-98(92)108(87-55-27-52-84(105)95(87)102)71-39-24-31-65(61-71)63-29-22-36-68(59-63)104-80-48-17-14-45-77(80)101-91-73-41-10-19-56-88(73)109-97(91)107(67-34-7-4-8-35-67)86-54-26-51-83(104)94(86)101/h3-61H,1-2H3. The number of thiophene rings is 1. The van der Waals surface area contributed by atoms with Crippen molar-refractivity contribution in [2.24, 2.45) is 0 Å². The molecule has 1 aliphatic carbocycles. The number of hydrogen-bond acceptors (Lipinski definition) is 8. The smallest absolute Gasteiger partial charge is 0.257 e. The first kappa shape index (κ1) is 61.7. The summed E-state index contributed by atoms with van der Waals surface area (Å²) < 4.78 is 8.23. The Bertz CT molecular complexity index is 6820. The van der Waals surface area contributed by atoms with Crippen LogP contribution in [-0.4, -0.2) is 20.1 Å². The van der Waals surface area contributed by atoms with Crippen molar-refractivity contribution in [2.45, 2.75) is 19.3 Å². The summed E-state index contributed by atoms with van der Waals surface area (Å²) in [4.78, 5) is 15.1. The summed E-state index contributed by atoms with van der Waals surface area (Å²) in [5.41, 5.74) is 38.1. The topological polar surface area (TPSA) is 32.6 Å². The number of benzene rings is 15. The highest BCUT2D eigenvalue weighted by Gasteiger charge is 2.53. The third-order valence-electron chi connectivity index (χ3n) is 24.5.